The van der Waals surface area contributed by atoms with Gasteiger partial charge in [-0.2, -0.15) is 0 Å². The average molecular weight is 245 g/mol. The van der Waals surface area contributed by atoms with E-state index in [1.165, 1.54) is 18.2 Å². The summed E-state index contributed by atoms with van der Waals surface area (Å²) in [6.45, 7) is 5.55. The van der Waals surface area contributed by atoms with Crippen LogP contribution in [0.1, 0.15) is 20.8 Å². The van der Waals surface area contributed by atoms with Crippen molar-refractivity contribution in [2.24, 2.45) is 5.92 Å². The van der Waals surface area contributed by atoms with Gasteiger partial charge in [0, 0.05) is 6.04 Å². The third-order valence-electron chi connectivity index (χ3n) is 2.47. The molecule has 1 rings (SSSR count). The van der Waals surface area contributed by atoms with E-state index >= 15 is 0 Å². The summed E-state index contributed by atoms with van der Waals surface area (Å²) in [6.07, 6.45) is 0. The first-order valence-corrected chi connectivity index (χ1v) is 6.60. The molecule has 5 heteroatoms. The van der Waals surface area contributed by atoms with Crippen LogP contribution in [0.2, 0.25) is 0 Å². The second-order valence-corrected chi connectivity index (χ2v) is 5.77. The third kappa shape index (κ3) is 3.02. The molecule has 1 aromatic rings. The molecule has 0 saturated heterocycles. The Morgan fingerprint density at radius 1 is 1.19 bits per heavy atom. The second kappa shape index (κ2) is 4.93. The largest absolute Gasteiger partial charge is 0.243 e. The van der Waals surface area contributed by atoms with E-state index in [1.54, 1.807) is 6.92 Å². The van der Waals surface area contributed by atoms with Gasteiger partial charge in [0.2, 0.25) is 10.0 Å². The molecule has 0 heterocycles. The average Bonchev–Trinajstić information content (AvgIpc) is 2.17. The van der Waals surface area contributed by atoms with E-state index < -0.39 is 15.8 Å². The summed E-state index contributed by atoms with van der Waals surface area (Å²) in [4.78, 5) is -0.303. The van der Waals surface area contributed by atoms with Crippen LogP contribution in [-0.2, 0) is 10.0 Å². The van der Waals surface area contributed by atoms with Crippen LogP contribution in [0, 0.1) is 11.7 Å². The molecule has 3 nitrogen and oxygen atoms in total. The van der Waals surface area contributed by atoms with Gasteiger partial charge in [0.05, 0.1) is 0 Å². The standard InChI is InChI=1S/C11H16FNO2S/c1-8(2)9(3)13-16(14,15)11-7-5-4-6-10(11)12/h4-9,13H,1-3H3. The lowest BCUT2D eigenvalue weighted by Gasteiger charge is -2.17. The van der Waals surface area contributed by atoms with Crippen LogP contribution in [0.5, 0.6) is 0 Å². The molecule has 0 aliphatic carbocycles. The zero-order chi connectivity index (χ0) is 12.3. The minimum absolute atomic E-state index is 0.154. The summed E-state index contributed by atoms with van der Waals surface area (Å²) in [6, 6.07) is 5.11. The van der Waals surface area contributed by atoms with Gasteiger partial charge in [0.25, 0.3) is 0 Å². The maximum Gasteiger partial charge on any atom is 0.243 e. The van der Waals surface area contributed by atoms with Gasteiger partial charge in [-0.3, -0.25) is 0 Å². The van der Waals surface area contributed by atoms with Gasteiger partial charge in [0.15, 0.2) is 0 Å². The summed E-state index contributed by atoms with van der Waals surface area (Å²) < 4.78 is 39.4. The van der Waals surface area contributed by atoms with Crippen LogP contribution in [0.25, 0.3) is 0 Å². The highest BCUT2D eigenvalue weighted by Crippen LogP contribution is 2.14. The van der Waals surface area contributed by atoms with Crippen molar-refractivity contribution in [3.05, 3.63) is 30.1 Å². The van der Waals surface area contributed by atoms with E-state index in [9.17, 15) is 12.8 Å². The monoisotopic (exact) mass is 245 g/mol. The predicted molar refractivity (Wildman–Crippen MR) is 61.0 cm³/mol. The zero-order valence-electron chi connectivity index (χ0n) is 9.57. The van der Waals surface area contributed by atoms with Gasteiger partial charge >= 0.3 is 0 Å². The van der Waals surface area contributed by atoms with Crippen molar-refractivity contribution in [3.63, 3.8) is 0 Å². The summed E-state index contributed by atoms with van der Waals surface area (Å²) in [5.41, 5.74) is 0. The first-order chi connectivity index (χ1) is 7.34. The van der Waals surface area contributed by atoms with Crippen LogP contribution in [0.4, 0.5) is 4.39 Å². The molecule has 90 valence electrons. The molecule has 1 aromatic carbocycles. The Hall–Kier alpha value is -0.940. The number of benzene rings is 1. The van der Waals surface area contributed by atoms with E-state index in [-0.39, 0.29) is 16.9 Å². The summed E-state index contributed by atoms with van der Waals surface area (Å²) in [5, 5.41) is 0. The maximum absolute atomic E-state index is 13.3. The first kappa shape index (κ1) is 13.1. The number of hydrogen-bond acceptors (Lipinski definition) is 2. The Labute approximate surface area is 95.7 Å². The van der Waals surface area contributed by atoms with E-state index in [2.05, 4.69) is 4.72 Å². The molecule has 0 spiro atoms. The zero-order valence-corrected chi connectivity index (χ0v) is 10.4. The van der Waals surface area contributed by atoms with Gasteiger partial charge in [-0.1, -0.05) is 26.0 Å². The molecule has 1 unspecified atom stereocenters. The van der Waals surface area contributed by atoms with Crippen LogP contribution in [0.3, 0.4) is 0 Å². The lowest BCUT2D eigenvalue weighted by molar-refractivity contribution is 0.473. The van der Waals surface area contributed by atoms with Gasteiger partial charge in [0.1, 0.15) is 10.7 Å². The van der Waals surface area contributed by atoms with Crippen molar-refractivity contribution in [2.75, 3.05) is 0 Å². The first-order valence-electron chi connectivity index (χ1n) is 5.11. The van der Waals surface area contributed by atoms with Crippen molar-refractivity contribution >= 4 is 10.0 Å². The lowest BCUT2D eigenvalue weighted by Crippen LogP contribution is -2.36. The highest BCUT2D eigenvalue weighted by molar-refractivity contribution is 7.89. The lowest BCUT2D eigenvalue weighted by atomic mass is 10.1. The number of nitrogens with one attached hydrogen (secondary N) is 1. The molecule has 1 atom stereocenters. The molecule has 0 aromatic heterocycles. The molecule has 0 amide bonds. The van der Waals surface area contributed by atoms with E-state index in [4.69, 9.17) is 0 Å². The Kier molecular flexibility index (Phi) is 4.04. The van der Waals surface area contributed by atoms with Crippen molar-refractivity contribution < 1.29 is 12.8 Å². The molecule has 1 N–H and O–H groups in total. The van der Waals surface area contributed by atoms with E-state index in [0.29, 0.717) is 0 Å². The quantitative estimate of drug-likeness (QED) is 0.883. The second-order valence-electron chi connectivity index (χ2n) is 4.08. The maximum atomic E-state index is 13.3. The Bertz CT molecular complexity index is 457. The van der Waals surface area contributed by atoms with Gasteiger partial charge < -0.3 is 0 Å². The van der Waals surface area contributed by atoms with Gasteiger partial charge in [-0.15, -0.1) is 0 Å². The van der Waals surface area contributed by atoms with Gasteiger partial charge in [-0.05, 0) is 25.0 Å². The SMILES string of the molecule is CC(C)C(C)NS(=O)(=O)c1ccccc1F. The van der Waals surface area contributed by atoms with Crippen LogP contribution < -0.4 is 4.72 Å². The number of halogens is 1. The number of hydrogen-bond donors (Lipinski definition) is 1. The van der Waals surface area contributed by atoms with Crippen LogP contribution in [-0.4, -0.2) is 14.5 Å². The topological polar surface area (TPSA) is 46.2 Å². The molecule has 0 saturated carbocycles. The van der Waals surface area contributed by atoms with Crippen LogP contribution in [0.15, 0.2) is 29.2 Å². The highest BCUT2D eigenvalue weighted by atomic mass is 32.2. The Balaban J connectivity index is 3.00. The molecule has 16 heavy (non-hydrogen) atoms. The van der Waals surface area contributed by atoms with Gasteiger partial charge in [-0.25, -0.2) is 17.5 Å². The van der Waals surface area contributed by atoms with Crippen molar-refractivity contribution in [1.82, 2.24) is 4.72 Å². The highest BCUT2D eigenvalue weighted by Gasteiger charge is 2.21. The fourth-order valence-electron chi connectivity index (χ4n) is 1.11. The number of sulfonamides is 1. The van der Waals surface area contributed by atoms with E-state index in [0.717, 1.165) is 6.07 Å². The van der Waals surface area contributed by atoms with Crippen LogP contribution >= 0.6 is 0 Å². The molecule has 0 radical (unpaired) electrons. The fraction of sp³-hybridized carbons (Fsp3) is 0.455. The van der Waals surface area contributed by atoms with Crippen molar-refractivity contribution in [3.8, 4) is 0 Å². The fourth-order valence-corrected chi connectivity index (χ4v) is 2.58. The van der Waals surface area contributed by atoms with E-state index in [1.807, 2.05) is 13.8 Å². The minimum Gasteiger partial charge on any atom is -0.208 e. The summed E-state index contributed by atoms with van der Waals surface area (Å²) in [5.74, 6) is -0.576. The van der Waals surface area contributed by atoms with Crippen molar-refractivity contribution in [1.29, 1.82) is 0 Å². The Morgan fingerprint density at radius 3 is 2.25 bits per heavy atom. The smallest absolute Gasteiger partial charge is 0.208 e. The minimum atomic E-state index is -3.76. The van der Waals surface area contributed by atoms with Crippen molar-refractivity contribution in [2.45, 2.75) is 31.7 Å². The predicted octanol–water partition coefficient (Wildman–Crippen LogP) is 2.15. The Morgan fingerprint density at radius 2 is 1.75 bits per heavy atom. The molecule has 0 aliphatic rings. The summed E-state index contributed by atoms with van der Waals surface area (Å²) in [7, 11) is -3.76. The normalized spacial score (nSPS) is 14.1. The molecular formula is C11H16FNO2S. The molecular weight excluding hydrogens is 229 g/mol. The molecule has 0 aliphatic heterocycles. The molecule has 0 bridgehead atoms. The molecule has 0 fully saturated rings. The summed E-state index contributed by atoms with van der Waals surface area (Å²) >= 11 is 0. The number of rotatable bonds is 4. The third-order valence-corrected chi connectivity index (χ3v) is 4.06.